The van der Waals surface area contributed by atoms with Gasteiger partial charge in [0.2, 0.25) is 0 Å². The molecule has 0 aromatic heterocycles. The highest BCUT2D eigenvalue weighted by Crippen LogP contribution is 2.24. The minimum Gasteiger partial charge on any atom is -0.310 e. The number of aryl methyl sites for hydroxylation is 1. The van der Waals surface area contributed by atoms with Crippen LogP contribution in [0, 0.1) is 13.8 Å². The van der Waals surface area contributed by atoms with Gasteiger partial charge in [0.1, 0.15) is 9.84 Å². The van der Waals surface area contributed by atoms with Gasteiger partial charge in [-0.3, -0.25) is 0 Å². The van der Waals surface area contributed by atoms with Crippen LogP contribution in [0.3, 0.4) is 0 Å². The quantitative estimate of drug-likeness (QED) is 0.801. The maximum atomic E-state index is 11.6. The van der Waals surface area contributed by atoms with E-state index in [2.05, 4.69) is 44.3 Å². The van der Waals surface area contributed by atoms with Crippen molar-refractivity contribution < 1.29 is 8.42 Å². The summed E-state index contributed by atoms with van der Waals surface area (Å²) in [6.07, 6.45) is 1.57. The molecule has 114 valence electrons. The highest BCUT2D eigenvalue weighted by molar-refractivity contribution is 7.91. The lowest BCUT2D eigenvalue weighted by molar-refractivity contribution is 0.504. The van der Waals surface area contributed by atoms with Gasteiger partial charge in [0.25, 0.3) is 0 Å². The summed E-state index contributed by atoms with van der Waals surface area (Å²) in [4.78, 5) is 0. The molecule has 1 aromatic carbocycles. The summed E-state index contributed by atoms with van der Waals surface area (Å²) < 4.78 is 23.2. The second-order valence-electron chi connectivity index (χ2n) is 5.28. The number of sulfone groups is 1. The van der Waals surface area contributed by atoms with E-state index in [9.17, 15) is 8.42 Å². The standard InChI is InChI=1S/C16H27NO2S/c1-5-17-16(11-8-12-20(18,19)6-2)15-10-7-9-13(3)14(15)4/h7,9-10,16-17H,5-6,8,11-12H2,1-4H3. The molecule has 0 aliphatic rings. The lowest BCUT2D eigenvalue weighted by atomic mass is 9.95. The van der Waals surface area contributed by atoms with Gasteiger partial charge in [0.15, 0.2) is 0 Å². The molecule has 3 nitrogen and oxygen atoms in total. The fourth-order valence-electron chi connectivity index (χ4n) is 2.42. The topological polar surface area (TPSA) is 46.2 Å². The van der Waals surface area contributed by atoms with Crippen LogP contribution in [0.4, 0.5) is 0 Å². The van der Waals surface area contributed by atoms with Gasteiger partial charge >= 0.3 is 0 Å². The molecule has 1 atom stereocenters. The molecule has 0 bridgehead atoms. The van der Waals surface area contributed by atoms with Crippen molar-refractivity contribution in [1.29, 1.82) is 0 Å². The van der Waals surface area contributed by atoms with Gasteiger partial charge in [0.05, 0.1) is 5.75 Å². The zero-order valence-corrected chi connectivity index (χ0v) is 13.9. The van der Waals surface area contributed by atoms with E-state index in [-0.39, 0.29) is 17.5 Å². The Bertz CT molecular complexity index is 523. The number of hydrogen-bond acceptors (Lipinski definition) is 3. The molecule has 0 spiro atoms. The first kappa shape index (κ1) is 17.2. The third-order valence-electron chi connectivity index (χ3n) is 3.86. The van der Waals surface area contributed by atoms with Crippen LogP contribution in [0.25, 0.3) is 0 Å². The van der Waals surface area contributed by atoms with Crippen molar-refractivity contribution in [2.24, 2.45) is 0 Å². The molecule has 4 heteroatoms. The molecule has 0 saturated carbocycles. The molecule has 0 radical (unpaired) electrons. The SMILES string of the molecule is CCNC(CCCS(=O)(=O)CC)c1cccc(C)c1C. The average molecular weight is 297 g/mol. The molecule has 0 heterocycles. The first-order chi connectivity index (χ1) is 9.41. The van der Waals surface area contributed by atoms with Crippen molar-refractivity contribution in [3.63, 3.8) is 0 Å². The summed E-state index contributed by atoms with van der Waals surface area (Å²) in [6.45, 7) is 8.93. The Kier molecular flexibility index (Phi) is 6.69. The van der Waals surface area contributed by atoms with Gasteiger partial charge in [-0.1, -0.05) is 32.0 Å². The summed E-state index contributed by atoms with van der Waals surface area (Å²) in [5.74, 6) is 0.526. The Hall–Kier alpha value is -0.870. The Balaban J connectivity index is 2.77. The van der Waals surface area contributed by atoms with Gasteiger partial charge in [-0.15, -0.1) is 0 Å². The number of hydrogen-bond donors (Lipinski definition) is 1. The van der Waals surface area contributed by atoms with E-state index in [0.717, 1.165) is 13.0 Å². The molecule has 0 saturated heterocycles. The maximum Gasteiger partial charge on any atom is 0.150 e. The summed E-state index contributed by atoms with van der Waals surface area (Å²) in [7, 11) is -2.86. The van der Waals surface area contributed by atoms with Crippen molar-refractivity contribution >= 4 is 9.84 Å². The highest BCUT2D eigenvalue weighted by atomic mass is 32.2. The minimum atomic E-state index is -2.86. The van der Waals surface area contributed by atoms with Crippen LogP contribution in [0.1, 0.15) is 49.4 Å². The fourth-order valence-corrected chi connectivity index (χ4v) is 3.31. The number of benzene rings is 1. The third-order valence-corrected chi connectivity index (χ3v) is 5.65. The molecule has 20 heavy (non-hydrogen) atoms. The molecule has 0 aliphatic heterocycles. The monoisotopic (exact) mass is 297 g/mol. The lowest BCUT2D eigenvalue weighted by Crippen LogP contribution is -2.23. The predicted octanol–water partition coefficient (Wildman–Crippen LogP) is 3.17. The van der Waals surface area contributed by atoms with Crippen LogP contribution >= 0.6 is 0 Å². The second-order valence-corrected chi connectivity index (χ2v) is 7.75. The predicted molar refractivity (Wildman–Crippen MR) is 85.9 cm³/mol. The number of nitrogens with one attached hydrogen (secondary N) is 1. The normalized spacial score (nSPS) is 13.4. The van der Waals surface area contributed by atoms with Gasteiger partial charge in [-0.05, 0) is 49.9 Å². The summed E-state index contributed by atoms with van der Waals surface area (Å²) in [5.41, 5.74) is 3.88. The first-order valence-corrected chi connectivity index (χ1v) is 9.23. The van der Waals surface area contributed by atoms with Crippen molar-refractivity contribution in [3.8, 4) is 0 Å². The Morgan fingerprint density at radius 2 is 1.90 bits per heavy atom. The van der Waals surface area contributed by atoms with Crippen LogP contribution in [0.15, 0.2) is 18.2 Å². The van der Waals surface area contributed by atoms with Crippen molar-refractivity contribution in [1.82, 2.24) is 5.32 Å². The van der Waals surface area contributed by atoms with E-state index >= 15 is 0 Å². The lowest BCUT2D eigenvalue weighted by Gasteiger charge is -2.21. The summed E-state index contributed by atoms with van der Waals surface area (Å²) >= 11 is 0. The zero-order valence-electron chi connectivity index (χ0n) is 13.1. The second kappa shape index (κ2) is 7.79. The average Bonchev–Trinajstić information content (AvgIpc) is 2.41. The van der Waals surface area contributed by atoms with Crippen LogP contribution in [0.5, 0.6) is 0 Å². The molecule has 1 rings (SSSR count). The summed E-state index contributed by atoms with van der Waals surface area (Å²) in [6, 6.07) is 6.57. The van der Waals surface area contributed by atoms with E-state index < -0.39 is 9.84 Å². The van der Waals surface area contributed by atoms with Crippen LogP contribution in [0.2, 0.25) is 0 Å². The summed E-state index contributed by atoms with van der Waals surface area (Å²) in [5, 5.41) is 3.48. The van der Waals surface area contributed by atoms with E-state index in [1.807, 2.05) is 0 Å². The molecule has 0 aliphatic carbocycles. The highest BCUT2D eigenvalue weighted by Gasteiger charge is 2.15. The van der Waals surface area contributed by atoms with E-state index in [1.165, 1.54) is 16.7 Å². The first-order valence-electron chi connectivity index (χ1n) is 7.41. The molecular weight excluding hydrogens is 270 g/mol. The Morgan fingerprint density at radius 3 is 2.50 bits per heavy atom. The molecule has 1 unspecified atom stereocenters. The van der Waals surface area contributed by atoms with Gasteiger partial charge < -0.3 is 5.32 Å². The van der Waals surface area contributed by atoms with Crippen molar-refractivity contribution in [3.05, 3.63) is 34.9 Å². The van der Waals surface area contributed by atoms with Crippen LogP contribution in [-0.4, -0.2) is 26.5 Å². The van der Waals surface area contributed by atoms with Gasteiger partial charge in [0, 0.05) is 11.8 Å². The number of rotatable bonds is 8. The third kappa shape index (κ3) is 4.91. The van der Waals surface area contributed by atoms with E-state index in [0.29, 0.717) is 6.42 Å². The fraction of sp³-hybridized carbons (Fsp3) is 0.625. The van der Waals surface area contributed by atoms with E-state index in [1.54, 1.807) is 6.92 Å². The minimum absolute atomic E-state index is 0.238. The van der Waals surface area contributed by atoms with E-state index in [4.69, 9.17) is 0 Å². The van der Waals surface area contributed by atoms with Crippen molar-refractivity contribution in [2.75, 3.05) is 18.1 Å². The molecule has 1 N–H and O–H groups in total. The molecule has 0 fully saturated rings. The molecule has 1 aromatic rings. The molecular formula is C16H27NO2S. The smallest absolute Gasteiger partial charge is 0.150 e. The van der Waals surface area contributed by atoms with Crippen molar-refractivity contribution in [2.45, 2.75) is 46.6 Å². The molecule has 0 amide bonds. The zero-order chi connectivity index (χ0) is 15.2. The Morgan fingerprint density at radius 1 is 1.20 bits per heavy atom. The van der Waals surface area contributed by atoms with Crippen LogP contribution < -0.4 is 5.32 Å². The van der Waals surface area contributed by atoms with Gasteiger partial charge in [-0.2, -0.15) is 0 Å². The maximum absolute atomic E-state index is 11.6. The Labute approximate surface area is 123 Å². The van der Waals surface area contributed by atoms with Crippen LogP contribution in [-0.2, 0) is 9.84 Å². The van der Waals surface area contributed by atoms with Gasteiger partial charge in [-0.25, -0.2) is 8.42 Å². The largest absolute Gasteiger partial charge is 0.310 e.